The number of benzene rings is 1. The maximum absolute atomic E-state index is 12.2. The van der Waals surface area contributed by atoms with Crippen LogP contribution in [-0.2, 0) is 6.42 Å². The van der Waals surface area contributed by atoms with Crippen LogP contribution in [0.5, 0.6) is 0 Å². The average Bonchev–Trinajstić information content (AvgIpc) is 3.04. The van der Waals surface area contributed by atoms with Crippen LogP contribution in [0.15, 0.2) is 35.7 Å². The largest absolute Gasteiger partial charge is 0.355 e. The van der Waals surface area contributed by atoms with Gasteiger partial charge in [-0.25, -0.2) is 4.79 Å². The molecule has 0 bridgehead atoms. The van der Waals surface area contributed by atoms with E-state index < -0.39 is 0 Å². The Hall–Kier alpha value is -2.34. The Kier molecular flexibility index (Phi) is 4.62. The highest BCUT2D eigenvalue weighted by molar-refractivity contribution is 7.10. The second-order valence-corrected chi connectivity index (χ2v) is 6.50. The molecule has 0 saturated heterocycles. The van der Waals surface area contributed by atoms with E-state index in [9.17, 15) is 9.59 Å². The monoisotopic (exact) mass is 329 g/mol. The summed E-state index contributed by atoms with van der Waals surface area (Å²) in [5, 5.41) is 10.5. The number of urea groups is 1. The van der Waals surface area contributed by atoms with Gasteiger partial charge in [0, 0.05) is 23.2 Å². The van der Waals surface area contributed by atoms with Crippen molar-refractivity contribution in [3.63, 3.8) is 0 Å². The molecule has 0 unspecified atom stereocenters. The normalized spacial score (nSPS) is 16.3. The highest BCUT2D eigenvalue weighted by Gasteiger charge is 2.22. The van der Waals surface area contributed by atoms with Gasteiger partial charge in [-0.3, -0.25) is 4.79 Å². The van der Waals surface area contributed by atoms with Crippen molar-refractivity contribution < 1.29 is 9.59 Å². The van der Waals surface area contributed by atoms with Gasteiger partial charge in [0.1, 0.15) is 0 Å². The molecule has 0 saturated carbocycles. The topological polar surface area (TPSA) is 70.2 Å². The summed E-state index contributed by atoms with van der Waals surface area (Å²) in [6, 6.07) is 8.78. The van der Waals surface area contributed by atoms with Crippen LogP contribution in [0, 0.1) is 0 Å². The van der Waals surface area contributed by atoms with Crippen LogP contribution in [0.4, 0.5) is 10.5 Å². The number of carbonyl (C=O) groups is 2. The van der Waals surface area contributed by atoms with Gasteiger partial charge in [-0.05, 0) is 60.5 Å². The Morgan fingerprint density at radius 2 is 1.96 bits per heavy atom. The second-order valence-electron chi connectivity index (χ2n) is 5.50. The number of aryl methyl sites for hydroxylation is 1. The molecule has 1 aliphatic rings. The number of fused-ring (bicyclic) bond motifs is 1. The highest BCUT2D eigenvalue weighted by Crippen LogP contribution is 2.33. The van der Waals surface area contributed by atoms with Crippen LogP contribution in [0.2, 0.25) is 0 Å². The van der Waals surface area contributed by atoms with Crippen LogP contribution in [0.1, 0.15) is 39.7 Å². The van der Waals surface area contributed by atoms with Crippen molar-refractivity contribution in [1.29, 1.82) is 0 Å². The maximum Gasteiger partial charge on any atom is 0.319 e. The van der Waals surface area contributed by atoms with E-state index in [1.54, 1.807) is 42.6 Å². The van der Waals surface area contributed by atoms with Crippen molar-refractivity contribution in [3.05, 3.63) is 51.7 Å². The van der Waals surface area contributed by atoms with Crippen LogP contribution < -0.4 is 16.0 Å². The number of hydrogen-bond donors (Lipinski definition) is 3. The third-order valence-electron chi connectivity index (χ3n) is 3.99. The molecule has 0 radical (unpaired) electrons. The molecule has 120 valence electrons. The predicted molar refractivity (Wildman–Crippen MR) is 92.0 cm³/mol. The maximum atomic E-state index is 12.2. The number of amides is 3. The Morgan fingerprint density at radius 3 is 2.70 bits per heavy atom. The van der Waals surface area contributed by atoms with E-state index in [2.05, 4.69) is 27.4 Å². The van der Waals surface area contributed by atoms with Gasteiger partial charge in [-0.1, -0.05) is 0 Å². The first kappa shape index (κ1) is 15.6. The van der Waals surface area contributed by atoms with Gasteiger partial charge >= 0.3 is 6.03 Å². The van der Waals surface area contributed by atoms with E-state index in [-0.39, 0.29) is 18.0 Å². The number of rotatable bonds is 3. The smallest absolute Gasteiger partial charge is 0.319 e. The number of thiophene rings is 1. The zero-order valence-electron chi connectivity index (χ0n) is 12.9. The van der Waals surface area contributed by atoms with Gasteiger partial charge in [0.2, 0.25) is 0 Å². The van der Waals surface area contributed by atoms with Crippen LogP contribution in [-0.4, -0.2) is 19.0 Å². The molecule has 5 nitrogen and oxygen atoms in total. The summed E-state index contributed by atoms with van der Waals surface area (Å²) >= 11 is 1.76. The van der Waals surface area contributed by atoms with Crippen molar-refractivity contribution in [3.8, 4) is 0 Å². The van der Waals surface area contributed by atoms with Gasteiger partial charge in [0.05, 0.1) is 6.04 Å². The summed E-state index contributed by atoms with van der Waals surface area (Å²) in [6.07, 6.45) is 3.17. The van der Waals surface area contributed by atoms with Gasteiger partial charge in [0.15, 0.2) is 0 Å². The summed E-state index contributed by atoms with van der Waals surface area (Å²) in [4.78, 5) is 25.1. The Balaban J connectivity index is 1.61. The molecule has 3 rings (SSSR count). The van der Waals surface area contributed by atoms with E-state index >= 15 is 0 Å². The minimum absolute atomic E-state index is 0.0788. The third-order valence-corrected chi connectivity index (χ3v) is 4.99. The number of carbonyl (C=O) groups excluding carboxylic acids is 2. The van der Waals surface area contributed by atoms with E-state index in [4.69, 9.17) is 0 Å². The average molecular weight is 329 g/mol. The van der Waals surface area contributed by atoms with Crippen molar-refractivity contribution in [2.45, 2.75) is 25.3 Å². The quantitative estimate of drug-likeness (QED) is 0.808. The molecule has 0 aliphatic heterocycles. The number of hydrogen-bond acceptors (Lipinski definition) is 3. The van der Waals surface area contributed by atoms with Crippen LogP contribution in [0.3, 0.4) is 0 Å². The van der Waals surface area contributed by atoms with Crippen molar-refractivity contribution in [1.82, 2.24) is 10.6 Å². The molecule has 0 fully saturated rings. The lowest BCUT2D eigenvalue weighted by Crippen LogP contribution is -2.33. The molecule has 3 N–H and O–H groups in total. The number of anilines is 1. The van der Waals surface area contributed by atoms with Crippen molar-refractivity contribution >= 4 is 29.0 Å². The summed E-state index contributed by atoms with van der Waals surface area (Å²) in [5.74, 6) is -0.145. The molecule has 23 heavy (non-hydrogen) atoms. The molecule has 6 heteroatoms. The first-order chi connectivity index (χ1) is 11.2. The Labute approximate surface area is 139 Å². The first-order valence-electron chi connectivity index (χ1n) is 7.63. The van der Waals surface area contributed by atoms with Gasteiger partial charge in [-0.2, -0.15) is 0 Å². The fourth-order valence-corrected chi connectivity index (χ4v) is 3.80. The standard InChI is InChI=1S/C17H19N3O2S/c1-18-16(21)11-5-7-12(8-6-11)19-17(22)20-14-3-2-4-15-13(14)9-10-23-15/h5-10,14H,2-4H2,1H3,(H,18,21)(H2,19,20,22)/t14-/m1/s1. The van der Waals surface area contributed by atoms with E-state index in [0.29, 0.717) is 11.3 Å². The minimum Gasteiger partial charge on any atom is -0.355 e. The molecule has 1 atom stereocenters. The van der Waals surface area contributed by atoms with Crippen LogP contribution in [0.25, 0.3) is 0 Å². The molecular weight excluding hydrogens is 310 g/mol. The van der Waals surface area contributed by atoms with E-state index in [1.165, 1.54) is 10.4 Å². The molecule has 0 spiro atoms. The molecule has 1 aromatic carbocycles. The SMILES string of the molecule is CNC(=O)c1ccc(NC(=O)N[C@@H]2CCCc3sccc32)cc1. The van der Waals surface area contributed by atoms with Crippen molar-refractivity contribution in [2.24, 2.45) is 0 Å². The second kappa shape index (κ2) is 6.83. The number of nitrogens with one attached hydrogen (secondary N) is 3. The summed E-state index contributed by atoms with van der Waals surface area (Å²) in [7, 11) is 1.59. The van der Waals surface area contributed by atoms with E-state index in [0.717, 1.165) is 19.3 Å². The summed E-state index contributed by atoms with van der Waals surface area (Å²) in [6.45, 7) is 0. The van der Waals surface area contributed by atoms with Crippen LogP contribution >= 0.6 is 11.3 Å². The lowest BCUT2D eigenvalue weighted by atomic mass is 9.94. The van der Waals surface area contributed by atoms with Gasteiger partial charge < -0.3 is 16.0 Å². The van der Waals surface area contributed by atoms with Gasteiger partial charge in [0.25, 0.3) is 5.91 Å². The molecule has 3 amide bonds. The molecule has 1 heterocycles. The lowest BCUT2D eigenvalue weighted by molar-refractivity contribution is 0.0963. The highest BCUT2D eigenvalue weighted by atomic mass is 32.1. The van der Waals surface area contributed by atoms with Gasteiger partial charge in [-0.15, -0.1) is 11.3 Å². The summed E-state index contributed by atoms with van der Waals surface area (Å²) < 4.78 is 0. The molecule has 1 aliphatic carbocycles. The lowest BCUT2D eigenvalue weighted by Gasteiger charge is -2.23. The predicted octanol–water partition coefficient (Wildman–Crippen LogP) is 3.31. The fourth-order valence-electron chi connectivity index (χ4n) is 2.81. The molecular formula is C17H19N3O2S. The molecule has 2 aromatic rings. The third kappa shape index (κ3) is 3.53. The molecule has 1 aromatic heterocycles. The fraction of sp³-hybridized carbons (Fsp3) is 0.294. The first-order valence-corrected chi connectivity index (χ1v) is 8.51. The minimum atomic E-state index is -0.221. The van der Waals surface area contributed by atoms with Crippen molar-refractivity contribution in [2.75, 3.05) is 12.4 Å². The summed E-state index contributed by atoms with van der Waals surface area (Å²) in [5.41, 5.74) is 2.47. The zero-order valence-corrected chi connectivity index (χ0v) is 13.7. The zero-order chi connectivity index (χ0) is 16.2. The Morgan fingerprint density at radius 1 is 1.17 bits per heavy atom. The van der Waals surface area contributed by atoms with E-state index in [1.807, 2.05) is 0 Å². The Bertz CT molecular complexity index is 709.